The highest BCUT2D eigenvalue weighted by Gasteiger charge is 2.36. The van der Waals surface area contributed by atoms with Crippen LogP contribution in [-0.4, -0.2) is 41.6 Å². The monoisotopic (exact) mass is 316 g/mol. The van der Waals surface area contributed by atoms with Crippen molar-refractivity contribution in [2.24, 2.45) is 0 Å². The van der Waals surface area contributed by atoms with Gasteiger partial charge in [-0.3, -0.25) is 0 Å². The Kier molecular flexibility index (Phi) is 8.83. The maximum absolute atomic E-state index is 11.8. The fraction of sp³-hybridized carbons (Fsp3) is 0.571. The fourth-order valence-electron chi connectivity index (χ4n) is 1.19. The van der Waals surface area contributed by atoms with E-state index in [2.05, 4.69) is 6.58 Å². The Morgan fingerprint density at radius 1 is 1.14 bits per heavy atom. The second-order valence-electron chi connectivity index (χ2n) is 4.61. The minimum Gasteiger partial charge on any atom is -0.470 e. The highest BCUT2D eigenvalue weighted by atomic mass is 28.4. The molecule has 0 fully saturated rings. The fourth-order valence-corrected chi connectivity index (χ4v) is 2.02. The normalized spacial score (nSPS) is 12.0. The van der Waals surface area contributed by atoms with Gasteiger partial charge in [0.1, 0.15) is 0 Å². The van der Waals surface area contributed by atoms with Crippen molar-refractivity contribution in [1.82, 2.24) is 0 Å². The molecule has 7 heteroatoms. The number of allylic oxidation sites excluding steroid dienone is 1. The summed E-state index contributed by atoms with van der Waals surface area (Å²) in [4.78, 5) is 23.0. The molecule has 0 atom stereocenters. The van der Waals surface area contributed by atoms with Crippen LogP contribution < -0.4 is 0 Å². The van der Waals surface area contributed by atoms with Gasteiger partial charge in [-0.15, -0.1) is 0 Å². The molecule has 0 aliphatic rings. The van der Waals surface area contributed by atoms with Gasteiger partial charge in [0.05, 0.1) is 6.61 Å². The average Bonchev–Trinajstić information content (AvgIpc) is 2.45. The zero-order valence-electron chi connectivity index (χ0n) is 13.4. The van der Waals surface area contributed by atoms with Crippen LogP contribution in [0.1, 0.15) is 26.7 Å². The molecule has 0 amide bonds. The van der Waals surface area contributed by atoms with Gasteiger partial charge in [-0.1, -0.05) is 12.7 Å². The van der Waals surface area contributed by atoms with Crippen LogP contribution >= 0.6 is 0 Å². The first-order chi connectivity index (χ1) is 9.75. The Morgan fingerprint density at radius 2 is 1.71 bits per heavy atom. The summed E-state index contributed by atoms with van der Waals surface area (Å²) in [5.74, 6) is -0.871. The van der Waals surface area contributed by atoms with E-state index in [9.17, 15) is 9.59 Å². The highest BCUT2D eigenvalue weighted by molar-refractivity contribution is 6.61. The highest BCUT2D eigenvalue weighted by Crippen LogP contribution is 2.11. The Labute approximate surface area is 127 Å². The van der Waals surface area contributed by atoms with Gasteiger partial charge in [-0.05, 0) is 26.7 Å². The largest absolute Gasteiger partial charge is 0.564 e. The van der Waals surface area contributed by atoms with Crippen LogP contribution in [0.15, 0.2) is 23.8 Å². The lowest BCUT2D eigenvalue weighted by Gasteiger charge is -2.21. The van der Waals surface area contributed by atoms with Crippen molar-refractivity contribution in [3.05, 3.63) is 23.8 Å². The lowest BCUT2D eigenvalue weighted by molar-refractivity contribution is -0.139. The van der Waals surface area contributed by atoms with Crippen LogP contribution in [0.5, 0.6) is 0 Å². The van der Waals surface area contributed by atoms with Crippen molar-refractivity contribution in [2.75, 3.05) is 20.8 Å². The standard InChI is InChI=1S/C14H24O6Si/c1-11(2)13(15)19-10-8-7-9-12(3)14(16)20-21(6,17-4)18-5/h9H,1,7-8,10H2,2-6H3. The van der Waals surface area contributed by atoms with Gasteiger partial charge in [-0.25, -0.2) is 9.59 Å². The first kappa shape index (κ1) is 19.6. The third-order valence-corrected chi connectivity index (χ3v) is 4.76. The van der Waals surface area contributed by atoms with E-state index in [1.165, 1.54) is 14.2 Å². The van der Waals surface area contributed by atoms with Crippen molar-refractivity contribution in [3.8, 4) is 0 Å². The van der Waals surface area contributed by atoms with Gasteiger partial charge in [0.25, 0.3) is 0 Å². The van der Waals surface area contributed by atoms with Gasteiger partial charge in [0, 0.05) is 31.9 Å². The molecular formula is C14H24O6Si. The summed E-state index contributed by atoms with van der Waals surface area (Å²) in [6.07, 6.45) is 2.95. The second kappa shape index (κ2) is 9.49. The van der Waals surface area contributed by atoms with E-state index in [-0.39, 0.29) is 6.61 Å². The second-order valence-corrected chi connectivity index (χ2v) is 7.35. The Hall–Kier alpha value is -1.44. The first-order valence-electron chi connectivity index (χ1n) is 6.58. The molecule has 0 aromatic carbocycles. The van der Waals surface area contributed by atoms with Gasteiger partial charge in [0.15, 0.2) is 0 Å². The zero-order chi connectivity index (χ0) is 16.5. The van der Waals surface area contributed by atoms with Crippen LogP contribution in [0.2, 0.25) is 6.55 Å². The van der Waals surface area contributed by atoms with Crippen molar-refractivity contribution >= 4 is 20.7 Å². The van der Waals surface area contributed by atoms with Crippen LogP contribution in [0.25, 0.3) is 0 Å². The molecule has 0 aliphatic carbocycles. The van der Waals surface area contributed by atoms with Crippen LogP contribution in [0, 0.1) is 0 Å². The molecule has 0 N–H and O–H groups in total. The molecule has 0 rings (SSSR count). The van der Waals surface area contributed by atoms with Crippen LogP contribution in [0.4, 0.5) is 0 Å². The van der Waals surface area contributed by atoms with E-state index in [4.69, 9.17) is 18.0 Å². The molecule has 0 saturated heterocycles. The van der Waals surface area contributed by atoms with E-state index < -0.39 is 20.7 Å². The Bertz CT molecular complexity index is 412. The van der Waals surface area contributed by atoms with Crippen molar-refractivity contribution in [3.63, 3.8) is 0 Å². The number of carbonyl (C=O) groups excluding carboxylic acids is 2. The molecule has 0 bridgehead atoms. The SMILES string of the molecule is C=C(C)C(=O)OCCCC=C(C)C(=O)O[Si](C)(OC)OC. The Balaban J connectivity index is 4.16. The van der Waals surface area contributed by atoms with Crippen molar-refractivity contribution < 1.29 is 27.6 Å². The smallest absolute Gasteiger partial charge is 0.470 e. The summed E-state index contributed by atoms with van der Waals surface area (Å²) in [7, 11) is 0.0104. The summed E-state index contributed by atoms with van der Waals surface area (Å²) in [6, 6.07) is 0. The quantitative estimate of drug-likeness (QED) is 0.281. The Morgan fingerprint density at radius 3 is 2.19 bits per heavy atom. The van der Waals surface area contributed by atoms with E-state index in [1.807, 2.05) is 0 Å². The topological polar surface area (TPSA) is 71.1 Å². The molecule has 0 radical (unpaired) electrons. The molecular weight excluding hydrogens is 292 g/mol. The molecule has 0 aromatic rings. The van der Waals surface area contributed by atoms with Gasteiger partial charge < -0.3 is 18.0 Å². The number of unbranched alkanes of at least 4 members (excludes halogenated alkanes) is 1. The first-order valence-corrected chi connectivity index (χ1v) is 8.81. The van der Waals surface area contributed by atoms with Gasteiger partial charge in [-0.2, -0.15) is 0 Å². The molecule has 0 aliphatic heterocycles. The maximum atomic E-state index is 11.8. The summed E-state index contributed by atoms with van der Waals surface area (Å²) in [5.41, 5.74) is 0.836. The number of esters is 1. The van der Waals surface area contributed by atoms with E-state index in [1.54, 1.807) is 26.5 Å². The summed E-state index contributed by atoms with van der Waals surface area (Å²) in [5, 5.41) is 0. The van der Waals surface area contributed by atoms with Gasteiger partial charge in [0.2, 0.25) is 0 Å². The molecule has 0 aromatic heterocycles. The van der Waals surface area contributed by atoms with Gasteiger partial charge >= 0.3 is 20.7 Å². The van der Waals surface area contributed by atoms with Crippen LogP contribution in [0.3, 0.4) is 0 Å². The van der Waals surface area contributed by atoms with Crippen molar-refractivity contribution in [2.45, 2.75) is 33.2 Å². The minimum absolute atomic E-state index is 0.285. The molecule has 0 unspecified atom stereocenters. The third-order valence-electron chi connectivity index (χ3n) is 2.72. The maximum Gasteiger partial charge on any atom is 0.564 e. The predicted molar refractivity (Wildman–Crippen MR) is 80.5 cm³/mol. The molecule has 0 saturated carbocycles. The summed E-state index contributed by atoms with van der Waals surface area (Å²) in [6.45, 7) is 8.65. The molecule has 0 spiro atoms. The van der Waals surface area contributed by atoms with Crippen LogP contribution in [-0.2, 0) is 27.6 Å². The summed E-state index contributed by atoms with van der Waals surface area (Å²) < 4.78 is 20.3. The van der Waals surface area contributed by atoms with E-state index in [0.29, 0.717) is 24.0 Å². The average molecular weight is 316 g/mol. The molecule has 120 valence electrons. The minimum atomic E-state index is -2.87. The van der Waals surface area contributed by atoms with E-state index >= 15 is 0 Å². The molecule has 6 nitrogen and oxygen atoms in total. The molecule has 0 heterocycles. The summed E-state index contributed by atoms with van der Waals surface area (Å²) >= 11 is 0. The number of carbonyl (C=O) groups is 2. The number of hydrogen-bond donors (Lipinski definition) is 0. The predicted octanol–water partition coefficient (Wildman–Crippen LogP) is 2.24. The van der Waals surface area contributed by atoms with E-state index in [0.717, 1.165) is 0 Å². The molecule has 21 heavy (non-hydrogen) atoms. The number of rotatable bonds is 9. The number of hydrogen-bond acceptors (Lipinski definition) is 6. The third kappa shape index (κ3) is 7.79. The lowest BCUT2D eigenvalue weighted by atomic mass is 10.2. The number of ether oxygens (including phenoxy) is 1. The van der Waals surface area contributed by atoms with Crippen molar-refractivity contribution in [1.29, 1.82) is 0 Å². The lowest BCUT2D eigenvalue weighted by Crippen LogP contribution is -2.42. The zero-order valence-corrected chi connectivity index (χ0v) is 14.4.